The SMILES string of the molecule is Clc1ccoc1Br. The van der Waals surface area contributed by atoms with Crippen LogP contribution >= 0.6 is 27.5 Å². The first kappa shape index (κ1) is 5.19. The van der Waals surface area contributed by atoms with Crippen molar-refractivity contribution in [3.05, 3.63) is 22.0 Å². The molecule has 0 radical (unpaired) electrons. The van der Waals surface area contributed by atoms with Crippen LogP contribution in [0, 0.1) is 0 Å². The van der Waals surface area contributed by atoms with Crippen molar-refractivity contribution in [2.45, 2.75) is 0 Å². The lowest BCUT2D eigenvalue weighted by molar-refractivity contribution is 0.541. The minimum atomic E-state index is 0.592. The van der Waals surface area contributed by atoms with Crippen LogP contribution in [0.25, 0.3) is 0 Å². The summed E-state index contributed by atoms with van der Waals surface area (Å²) in [5, 5.41) is 0.611. The molecule has 1 aromatic rings. The van der Waals surface area contributed by atoms with Gasteiger partial charge in [0, 0.05) is 0 Å². The highest BCUT2D eigenvalue weighted by molar-refractivity contribution is 9.10. The third kappa shape index (κ3) is 0.983. The predicted molar refractivity (Wildman–Crippen MR) is 31.4 cm³/mol. The number of furan rings is 1. The number of hydrogen-bond donors (Lipinski definition) is 0. The van der Waals surface area contributed by atoms with Crippen molar-refractivity contribution in [2.24, 2.45) is 0 Å². The third-order valence-corrected chi connectivity index (χ3v) is 1.71. The van der Waals surface area contributed by atoms with E-state index in [0.717, 1.165) is 0 Å². The molecule has 0 aliphatic heterocycles. The van der Waals surface area contributed by atoms with Crippen LogP contribution < -0.4 is 0 Å². The number of rotatable bonds is 0. The summed E-state index contributed by atoms with van der Waals surface area (Å²) >= 11 is 8.55. The van der Waals surface area contributed by atoms with Gasteiger partial charge in [0.2, 0.25) is 0 Å². The van der Waals surface area contributed by atoms with Gasteiger partial charge in [-0.2, -0.15) is 0 Å². The van der Waals surface area contributed by atoms with Crippen molar-refractivity contribution in [3.63, 3.8) is 0 Å². The summed E-state index contributed by atoms with van der Waals surface area (Å²) < 4.78 is 5.34. The molecule has 0 aliphatic rings. The first-order valence-corrected chi connectivity index (χ1v) is 2.86. The van der Waals surface area contributed by atoms with Gasteiger partial charge in [0.15, 0.2) is 4.67 Å². The Morgan fingerprint density at radius 1 is 1.71 bits per heavy atom. The molecule has 1 heterocycles. The summed E-state index contributed by atoms with van der Waals surface area (Å²) in [5.74, 6) is 0. The Balaban J connectivity index is 3.12. The second-order valence-corrected chi connectivity index (χ2v) is 2.17. The molecular weight excluding hydrogens is 179 g/mol. The average Bonchev–Trinajstić information content (AvgIpc) is 1.91. The fourth-order valence-electron chi connectivity index (χ4n) is 0.275. The Hall–Kier alpha value is 0.0500. The molecule has 0 N–H and O–H groups in total. The third-order valence-electron chi connectivity index (χ3n) is 0.574. The van der Waals surface area contributed by atoms with E-state index in [1.165, 1.54) is 6.26 Å². The van der Waals surface area contributed by atoms with E-state index in [0.29, 0.717) is 9.69 Å². The van der Waals surface area contributed by atoms with Gasteiger partial charge in [-0.15, -0.1) is 0 Å². The lowest BCUT2D eigenvalue weighted by Gasteiger charge is -1.73. The van der Waals surface area contributed by atoms with Crippen LogP contribution in [-0.4, -0.2) is 0 Å². The standard InChI is InChI=1S/C4H2BrClO/c5-4-3(6)1-2-7-4/h1-2H. The van der Waals surface area contributed by atoms with Crippen molar-refractivity contribution in [3.8, 4) is 0 Å². The predicted octanol–water partition coefficient (Wildman–Crippen LogP) is 2.70. The second-order valence-electron chi connectivity index (χ2n) is 1.04. The lowest BCUT2D eigenvalue weighted by Crippen LogP contribution is -1.46. The maximum atomic E-state index is 5.48. The van der Waals surface area contributed by atoms with Crippen LogP contribution in [0.15, 0.2) is 21.4 Å². The summed E-state index contributed by atoms with van der Waals surface area (Å²) in [7, 11) is 0. The zero-order valence-corrected chi connectivity index (χ0v) is 5.66. The molecule has 0 spiro atoms. The van der Waals surface area contributed by atoms with Crippen LogP contribution in [0.5, 0.6) is 0 Å². The van der Waals surface area contributed by atoms with E-state index in [1.54, 1.807) is 6.07 Å². The van der Waals surface area contributed by atoms with E-state index in [1.807, 2.05) is 0 Å². The molecule has 0 amide bonds. The molecule has 0 saturated carbocycles. The zero-order chi connectivity index (χ0) is 5.28. The van der Waals surface area contributed by atoms with Crippen molar-refractivity contribution in [1.82, 2.24) is 0 Å². The van der Waals surface area contributed by atoms with Crippen molar-refractivity contribution in [1.29, 1.82) is 0 Å². The first-order valence-electron chi connectivity index (χ1n) is 1.69. The van der Waals surface area contributed by atoms with Gasteiger partial charge in [0.05, 0.1) is 11.3 Å². The van der Waals surface area contributed by atoms with Gasteiger partial charge in [-0.25, -0.2) is 0 Å². The van der Waals surface area contributed by atoms with Crippen LogP contribution in [0.3, 0.4) is 0 Å². The number of hydrogen-bond acceptors (Lipinski definition) is 1. The Bertz CT molecular complexity index is 144. The van der Waals surface area contributed by atoms with Crippen molar-refractivity contribution < 1.29 is 4.42 Å². The topological polar surface area (TPSA) is 13.1 Å². The quantitative estimate of drug-likeness (QED) is 0.600. The van der Waals surface area contributed by atoms with E-state index in [4.69, 9.17) is 16.0 Å². The minimum absolute atomic E-state index is 0.592. The van der Waals surface area contributed by atoms with Gasteiger partial charge in [-0.3, -0.25) is 0 Å². The number of halogens is 2. The van der Waals surface area contributed by atoms with Gasteiger partial charge in [-0.1, -0.05) is 11.6 Å². The van der Waals surface area contributed by atoms with Crippen LogP contribution in [0.2, 0.25) is 5.02 Å². The first-order chi connectivity index (χ1) is 3.30. The molecule has 1 nitrogen and oxygen atoms in total. The molecular formula is C4H2BrClO. The maximum absolute atomic E-state index is 5.48. The summed E-state index contributed by atoms with van der Waals surface area (Å²) in [6, 6.07) is 1.67. The molecule has 0 bridgehead atoms. The zero-order valence-electron chi connectivity index (χ0n) is 3.32. The fraction of sp³-hybridized carbons (Fsp3) is 0. The molecule has 0 saturated heterocycles. The molecule has 3 heteroatoms. The normalized spacial score (nSPS) is 9.43. The average molecular weight is 181 g/mol. The van der Waals surface area contributed by atoms with Crippen LogP contribution in [0.4, 0.5) is 0 Å². The van der Waals surface area contributed by atoms with Gasteiger partial charge < -0.3 is 4.42 Å². The molecule has 0 fully saturated rings. The van der Waals surface area contributed by atoms with E-state index < -0.39 is 0 Å². The highest BCUT2D eigenvalue weighted by atomic mass is 79.9. The van der Waals surface area contributed by atoms with Crippen LogP contribution in [0.1, 0.15) is 0 Å². The highest BCUT2D eigenvalue weighted by Gasteiger charge is 1.94. The molecule has 1 aromatic heterocycles. The van der Waals surface area contributed by atoms with E-state index in [2.05, 4.69) is 15.9 Å². The highest BCUT2D eigenvalue weighted by Crippen LogP contribution is 2.21. The Kier molecular flexibility index (Phi) is 1.40. The van der Waals surface area contributed by atoms with E-state index >= 15 is 0 Å². The summed E-state index contributed by atoms with van der Waals surface area (Å²) in [6.07, 6.45) is 1.52. The van der Waals surface area contributed by atoms with Crippen LogP contribution in [-0.2, 0) is 0 Å². The molecule has 0 aromatic carbocycles. The molecule has 7 heavy (non-hydrogen) atoms. The largest absolute Gasteiger partial charge is 0.456 e. The van der Waals surface area contributed by atoms with Gasteiger partial charge in [0.1, 0.15) is 0 Å². The Morgan fingerprint density at radius 2 is 2.43 bits per heavy atom. The maximum Gasteiger partial charge on any atom is 0.187 e. The van der Waals surface area contributed by atoms with Gasteiger partial charge in [0.25, 0.3) is 0 Å². The second kappa shape index (κ2) is 1.88. The van der Waals surface area contributed by atoms with Crippen molar-refractivity contribution >= 4 is 27.5 Å². The molecule has 38 valence electrons. The monoisotopic (exact) mass is 180 g/mol. The van der Waals surface area contributed by atoms with Gasteiger partial charge >= 0.3 is 0 Å². The molecule has 1 rings (SSSR count). The molecule has 0 unspecified atom stereocenters. The summed E-state index contributed by atoms with van der Waals surface area (Å²) in [4.78, 5) is 0. The molecule has 0 atom stereocenters. The molecule has 0 aliphatic carbocycles. The minimum Gasteiger partial charge on any atom is -0.456 e. The Labute approximate surface area is 54.4 Å². The van der Waals surface area contributed by atoms with Gasteiger partial charge in [-0.05, 0) is 22.0 Å². The Morgan fingerprint density at radius 3 is 2.57 bits per heavy atom. The summed E-state index contributed by atoms with van der Waals surface area (Å²) in [5.41, 5.74) is 0. The fourth-order valence-corrected chi connectivity index (χ4v) is 0.611. The summed E-state index contributed by atoms with van der Waals surface area (Å²) in [6.45, 7) is 0. The lowest BCUT2D eigenvalue weighted by atomic mass is 10.7. The van der Waals surface area contributed by atoms with E-state index in [9.17, 15) is 0 Å². The van der Waals surface area contributed by atoms with E-state index in [-0.39, 0.29) is 0 Å². The van der Waals surface area contributed by atoms with Crippen molar-refractivity contribution in [2.75, 3.05) is 0 Å². The smallest absolute Gasteiger partial charge is 0.187 e.